The number of hydrogen-bond donors (Lipinski definition) is 0. The zero-order chi connectivity index (χ0) is 26.4. The van der Waals surface area contributed by atoms with Gasteiger partial charge < -0.3 is 18.9 Å². The summed E-state index contributed by atoms with van der Waals surface area (Å²) in [7, 11) is -3.96. The molecule has 3 heterocycles. The second kappa shape index (κ2) is 9.77. The van der Waals surface area contributed by atoms with Crippen LogP contribution in [0.4, 0.5) is 0 Å². The van der Waals surface area contributed by atoms with Crippen molar-refractivity contribution in [2.75, 3.05) is 20.0 Å². The normalized spacial score (nSPS) is 15.3. The monoisotopic (exact) mass is 557 g/mol. The molecule has 0 radical (unpaired) electrons. The number of para-hydroxylation sites is 1. The maximum absolute atomic E-state index is 14.2. The van der Waals surface area contributed by atoms with E-state index in [1.54, 1.807) is 30.3 Å². The van der Waals surface area contributed by atoms with Gasteiger partial charge in [-0.2, -0.15) is 0 Å². The molecule has 0 N–H and O–H groups in total. The van der Waals surface area contributed by atoms with Crippen LogP contribution >= 0.6 is 11.8 Å². The van der Waals surface area contributed by atoms with Crippen LogP contribution in [-0.2, 0) is 19.5 Å². The van der Waals surface area contributed by atoms with E-state index in [9.17, 15) is 8.42 Å². The lowest BCUT2D eigenvalue weighted by molar-refractivity contribution is -0.0450. The molecular weight excluding hydrogens is 534 g/mol. The summed E-state index contributed by atoms with van der Waals surface area (Å²) in [5, 5.41) is 1.30. The van der Waals surface area contributed by atoms with Crippen molar-refractivity contribution in [1.29, 1.82) is 0 Å². The van der Waals surface area contributed by atoms with E-state index in [0.717, 1.165) is 21.4 Å². The summed E-state index contributed by atoms with van der Waals surface area (Å²) in [6.07, 6.45) is -0.678. The molecule has 0 unspecified atom stereocenters. The van der Waals surface area contributed by atoms with Crippen LogP contribution in [0.5, 0.6) is 11.5 Å². The molecular formula is C30H23NO6S2. The Kier molecular flexibility index (Phi) is 6.08. The van der Waals surface area contributed by atoms with E-state index in [0.29, 0.717) is 40.8 Å². The summed E-state index contributed by atoms with van der Waals surface area (Å²) in [5.41, 5.74) is 3.14. The SMILES string of the molecule is O=S(=O)(c1ccccc1)n1c(Sc2ccccc2-c2ccc3c(c2)OCO3)c(C2OCCO2)c2ccccc21. The summed E-state index contributed by atoms with van der Waals surface area (Å²) in [6.45, 7) is 1.07. The quantitative estimate of drug-likeness (QED) is 0.237. The fourth-order valence-electron chi connectivity index (χ4n) is 4.96. The van der Waals surface area contributed by atoms with Gasteiger partial charge in [0.1, 0.15) is 5.03 Å². The van der Waals surface area contributed by atoms with Gasteiger partial charge in [-0.15, -0.1) is 0 Å². The third kappa shape index (κ3) is 4.18. The molecule has 1 saturated heterocycles. The minimum absolute atomic E-state index is 0.192. The molecule has 7 nitrogen and oxygen atoms in total. The molecule has 0 amide bonds. The Labute approximate surface area is 229 Å². The Morgan fingerprint density at radius 1 is 0.769 bits per heavy atom. The van der Waals surface area contributed by atoms with Gasteiger partial charge >= 0.3 is 0 Å². The van der Waals surface area contributed by atoms with Crippen LogP contribution in [0, 0.1) is 0 Å². The second-order valence-corrected chi connectivity index (χ2v) is 11.9. The first-order valence-electron chi connectivity index (χ1n) is 12.5. The van der Waals surface area contributed by atoms with Crippen molar-refractivity contribution < 1.29 is 27.4 Å². The highest BCUT2D eigenvalue weighted by Crippen LogP contribution is 2.47. The van der Waals surface area contributed by atoms with E-state index in [2.05, 4.69) is 0 Å². The van der Waals surface area contributed by atoms with Gasteiger partial charge in [-0.25, -0.2) is 12.4 Å². The lowest BCUT2D eigenvalue weighted by Gasteiger charge is -2.17. The number of aromatic nitrogens is 1. The first-order chi connectivity index (χ1) is 19.1. The van der Waals surface area contributed by atoms with Gasteiger partial charge in [-0.3, -0.25) is 0 Å². The van der Waals surface area contributed by atoms with Crippen molar-refractivity contribution in [2.45, 2.75) is 21.1 Å². The molecule has 1 fully saturated rings. The number of nitrogens with zero attached hydrogens (tertiary/aromatic N) is 1. The maximum Gasteiger partial charge on any atom is 0.269 e. The lowest BCUT2D eigenvalue weighted by Crippen LogP contribution is -2.14. The molecule has 5 aromatic rings. The van der Waals surface area contributed by atoms with Gasteiger partial charge in [0.05, 0.1) is 23.6 Å². The highest BCUT2D eigenvalue weighted by Gasteiger charge is 2.33. The highest BCUT2D eigenvalue weighted by molar-refractivity contribution is 8.00. The molecule has 7 rings (SSSR count). The summed E-state index contributed by atoms with van der Waals surface area (Å²) in [6, 6.07) is 29.7. The summed E-state index contributed by atoms with van der Waals surface area (Å²) >= 11 is 1.38. The molecule has 0 saturated carbocycles. The number of fused-ring (bicyclic) bond motifs is 2. The first kappa shape index (κ1) is 24.3. The molecule has 1 aromatic heterocycles. The third-order valence-electron chi connectivity index (χ3n) is 6.74. The minimum Gasteiger partial charge on any atom is -0.454 e. The summed E-state index contributed by atoms with van der Waals surface area (Å²) in [5.74, 6) is 1.39. The number of ether oxygens (including phenoxy) is 4. The average molecular weight is 558 g/mol. The molecule has 9 heteroatoms. The Bertz CT molecular complexity index is 1790. The van der Waals surface area contributed by atoms with Crippen LogP contribution in [0.15, 0.2) is 112 Å². The first-order valence-corrected chi connectivity index (χ1v) is 14.7. The molecule has 39 heavy (non-hydrogen) atoms. The Morgan fingerprint density at radius 2 is 1.49 bits per heavy atom. The Hall–Kier alpha value is -3.76. The van der Waals surface area contributed by atoms with E-state index in [4.69, 9.17) is 18.9 Å². The molecule has 196 valence electrons. The van der Waals surface area contributed by atoms with Crippen LogP contribution in [-0.4, -0.2) is 32.4 Å². The highest BCUT2D eigenvalue weighted by atomic mass is 32.2. The van der Waals surface area contributed by atoms with E-state index < -0.39 is 16.3 Å². The van der Waals surface area contributed by atoms with Gasteiger partial charge in [0.25, 0.3) is 10.0 Å². The number of benzene rings is 4. The smallest absolute Gasteiger partial charge is 0.269 e. The van der Waals surface area contributed by atoms with Crippen LogP contribution < -0.4 is 9.47 Å². The molecule has 0 spiro atoms. The van der Waals surface area contributed by atoms with Crippen molar-refractivity contribution in [3.05, 3.63) is 103 Å². The largest absolute Gasteiger partial charge is 0.454 e. The van der Waals surface area contributed by atoms with E-state index in [1.165, 1.54) is 15.7 Å². The predicted octanol–water partition coefficient (Wildman–Crippen LogP) is 6.47. The third-order valence-corrected chi connectivity index (χ3v) is 9.76. The van der Waals surface area contributed by atoms with Gasteiger partial charge in [0.2, 0.25) is 6.79 Å². The fraction of sp³-hybridized carbons (Fsp3) is 0.133. The molecule has 2 aliphatic rings. The van der Waals surface area contributed by atoms with Crippen LogP contribution in [0.1, 0.15) is 11.9 Å². The van der Waals surface area contributed by atoms with E-state index in [1.807, 2.05) is 66.7 Å². The predicted molar refractivity (Wildman–Crippen MR) is 148 cm³/mol. The van der Waals surface area contributed by atoms with Gasteiger partial charge in [-0.1, -0.05) is 72.4 Å². The van der Waals surface area contributed by atoms with Crippen LogP contribution in [0.2, 0.25) is 0 Å². The lowest BCUT2D eigenvalue weighted by atomic mass is 10.1. The molecule has 2 aliphatic heterocycles. The Balaban J connectivity index is 1.45. The Morgan fingerprint density at radius 3 is 2.33 bits per heavy atom. The van der Waals surface area contributed by atoms with Crippen molar-refractivity contribution >= 4 is 32.7 Å². The molecule has 0 aliphatic carbocycles. The summed E-state index contributed by atoms with van der Waals surface area (Å²) in [4.78, 5) is 1.08. The van der Waals surface area contributed by atoms with E-state index in [-0.39, 0.29) is 11.7 Å². The topological polar surface area (TPSA) is 76.0 Å². The van der Waals surface area contributed by atoms with E-state index >= 15 is 0 Å². The van der Waals surface area contributed by atoms with Gasteiger partial charge in [0, 0.05) is 15.8 Å². The van der Waals surface area contributed by atoms with Crippen molar-refractivity contribution in [3.8, 4) is 22.6 Å². The van der Waals surface area contributed by atoms with Crippen LogP contribution in [0.25, 0.3) is 22.0 Å². The summed E-state index contributed by atoms with van der Waals surface area (Å²) < 4.78 is 52.8. The molecule has 4 aromatic carbocycles. The van der Waals surface area contributed by atoms with Crippen molar-refractivity contribution in [2.24, 2.45) is 0 Å². The molecule has 0 bridgehead atoms. The minimum atomic E-state index is -3.96. The van der Waals surface area contributed by atoms with Crippen LogP contribution in [0.3, 0.4) is 0 Å². The zero-order valence-electron chi connectivity index (χ0n) is 20.6. The van der Waals surface area contributed by atoms with Crippen molar-refractivity contribution in [1.82, 2.24) is 3.97 Å². The zero-order valence-corrected chi connectivity index (χ0v) is 22.3. The van der Waals surface area contributed by atoms with Crippen molar-refractivity contribution in [3.63, 3.8) is 0 Å². The fourth-order valence-corrected chi connectivity index (χ4v) is 7.96. The number of rotatable bonds is 6. The van der Waals surface area contributed by atoms with Gasteiger partial charge in [0.15, 0.2) is 17.8 Å². The van der Waals surface area contributed by atoms with Gasteiger partial charge in [-0.05, 0) is 47.5 Å². The average Bonchev–Trinajstić information content (AvgIpc) is 3.72. The number of hydrogen-bond acceptors (Lipinski definition) is 7. The second-order valence-electron chi connectivity index (χ2n) is 9.06. The standard InChI is InChI=1S/C30H23NO6S2/c32-39(33,21-8-2-1-3-9-21)31-24-12-6-4-11-23(24)28(30-34-16-17-35-30)29(31)38-27-13-7-5-10-22(27)20-14-15-25-26(18-20)37-19-36-25/h1-15,18,30H,16-17,19H2. The molecule has 0 atom stereocenters. The maximum atomic E-state index is 14.2.